The summed E-state index contributed by atoms with van der Waals surface area (Å²) in [6.07, 6.45) is 3.20. The van der Waals surface area contributed by atoms with Gasteiger partial charge in [0.1, 0.15) is 0 Å². The second-order valence-corrected chi connectivity index (χ2v) is 6.08. The Morgan fingerprint density at radius 3 is 3.10 bits per heavy atom. The summed E-state index contributed by atoms with van der Waals surface area (Å²) in [6.45, 7) is 2.49. The van der Waals surface area contributed by atoms with Gasteiger partial charge in [0.15, 0.2) is 0 Å². The molecule has 5 nitrogen and oxygen atoms in total. The van der Waals surface area contributed by atoms with Crippen LogP contribution in [0.5, 0.6) is 5.88 Å². The Kier molecular flexibility index (Phi) is 3.85. The summed E-state index contributed by atoms with van der Waals surface area (Å²) in [7, 11) is 3.12. The van der Waals surface area contributed by atoms with Crippen LogP contribution in [0.25, 0.3) is 0 Å². The van der Waals surface area contributed by atoms with E-state index in [0.29, 0.717) is 11.8 Å². The molecule has 1 aliphatic heterocycles. The third-order valence-electron chi connectivity index (χ3n) is 4.91. The Labute approximate surface area is 125 Å². The van der Waals surface area contributed by atoms with Crippen LogP contribution in [0.1, 0.15) is 25.0 Å². The van der Waals surface area contributed by atoms with E-state index in [1.165, 1.54) is 7.11 Å². The molecular formula is C16H22N2O3. The number of carbonyl (C=O) groups is 1. The van der Waals surface area contributed by atoms with Crippen LogP contribution in [0.15, 0.2) is 18.2 Å². The van der Waals surface area contributed by atoms with Crippen LogP contribution in [0.2, 0.25) is 0 Å². The van der Waals surface area contributed by atoms with Gasteiger partial charge in [0.25, 0.3) is 0 Å². The number of esters is 1. The standard InChI is InChI=1S/C16H22N2O3/c1-20-14-7-3-6-13(17-14)10-18-9-12-5-4-8-16(12,11-18)15(19)21-2/h3,6-7,12H,4-5,8-11H2,1-2H3/t12-,16+/m0/s1. The van der Waals surface area contributed by atoms with E-state index in [2.05, 4.69) is 9.88 Å². The van der Waals surface area contributed by atoms with E-state index in [4.69, 9.17) is 9.47 Å². The Balaban J connectivity index is 1.73. The fraction of sp³-hybridized carbons (Fsp3) is 0.625. The predicted octanol–water partition coefficient (Wildman–Crippen LogP) is 1.87. The third-order valence-corrected chi connectivity index (χ3v) is 4.91. The monoisotopic (exact) mass is 290 g/mol. The molecule has 5 heteroatoms. The van der Waals surface area contributed by atoms with Gasteiger partial charge in [-0.2, -0.15) is 0 Å². The Morgan fingerprint density at radius 2 is 2.33 bits per heavy atom. The van der Waals surface area contributed by atoms with Crippen molar-refractivity contribution in [2.45, 2.75) is 25.8 Å². The average molecular weight is 290 g/mol. The molecule has 3 rings (SSSR count). The number of aromatic nitrogens is 1. The number of ether oxygens (including phenoxy) is 2. The minimum Gasteiger partial charge on any atom is -0.481 e. The number of methoxy groups -OCH3 is 2. The highest BCUT2D eigenvalue weighted by atomic mass is 16.5. The average Bonchev–Trinajstić information content (AvgIpc) is 3.04. The zero-order valence-corrected chi connectivity index (χ0v) is 12.7. The van der Waals surface area contributed by atoms with Crippen LogP contribution in [0.4, 0.5) is 0 Å². The van der Waals surface area contributed by atoms with E-state index in [1.54, 1.807) is 7.11 Å². The van der Waals surface area contributed by atoms with Crippen molar-refractivity contribution in [3.05, 3.63) is 23.9 Å². The number of rotatable bonds is 4. The van der Waals surface area contributed by atoms with Crippen LogP contribution in [0.3, 0.4) is 0 Å². The smallest absolute Gasteiger partial charge is 0.313 e. The summed E-state index contributed by atoms with van der Waals surface area (Å²) in [4.78, 5) is 19.0. The lowest BCUT2D eigenvalue weighted by Gasteiger charge is -2.25. The molecule has 21 heavy (non-hydrogen) atoms. The van der Waals surface area contributed by atoms with E-state index in [9.17, 15) is 4.79 Å². The molecule has 0 unspecified atom stereocenters. The van der Waals surface area contributed by atoms with Gasteiger partial charge in [-0.05, 0) is 24.8 Å². The lowest BCUT2D eigenvalue weighted by molar-refractivity contribution is -0.153. The van der Waals surface area contributed by atoms with Crippen molar-refractivity contribution in [2.24, 2.45) is 11.3 Å². The first-order valence-corrected chi connectivity index (χ1v) is 7.48. The quantitative estimate of drug-likeness (QED) is 0.792. The molecule has 2 aliphatic rings. The maximum Gasteiger partial charge on any atom is 0.313 e. The third kappa shape index (κ3) is 2.50. The van der Waals surface area contributed by atoms with Crippen molar-refractivity contribution in [1.29, 1.82) is 0 Å². The second kappa shape index (κ2) is 5.64. The number of pyridine rings is 1. The summed E-state index contributed by atoms with van der Waals surface area (Å²) < 4.78 is 10.2. The van der Waals surface area contributed by atoms with Crippen LogP contribution >= 0.6 is 0 Å². The fourth-order valence-corrected chi connectivity index (χ4v) is 3.94. The number of nitrogens with zero attached hydrogens (tertiary/aromatic N) is 2. The van der Waals surface area contributed by atoms with Gasteiger partial charge < -0.3 is 9.47 Å². The van der Waals surface area contributed by atoms with Crippen molar-refractivity contribution < 1.29 is 14.3 Å². The zero-order valence-electron chi connectivity index (χ0n) is 12.7. The molecule has 0 N–H and O–H groups in total. The number of fused-ring (bicyclic) bond motifs is 1. The van der Waals surface area contributed by atoms with E-state index >= 15 is 0 Å². The maximum absolute atomic E-state index is 12.2. The van der Waals surface area contributed by atoms with Gasteiger partial charge in [0.05, 0.1) is 25.3 Å². The highest BCUT2D eigenvalue weighted by molar-refractivity contribution is 5.78. The molecule has 1 saturated heterocycles. The van der Waals surface area contributed by atoms with Gasteiger partial charge in [0, 0.05) is 25.7 Å². The normalized spacial score (nSPS) is 28.4. The number of hydrogen-bond acceptors (Lipinski definition) is 5. The van der Waals surface area contributed by atoms with Gasteiger partial charge in [-0.3, -0.25) is 9.69 Å². The summed E-state index contributed by atoms with van der Waals surface area (Å²) in [5, 5.41) is 0. The fourth-order valence-electron chi connectivity index (χ4n) is 3.94. The summed E-state index contributed by atoms with van der Waals surface area (Å²) >= 11 is 0. The SMILES string of the molecule is COC(=O)[C@@]12CCC[C@H]1CN(Cc1cccc(OC)n1)C2. The van der Waals surface area contributed by atoms with Gasteiger partial charge >= 0.3 is 5.97 Å². The Morgan fingerprint density at radius 1 is 1.48 bits per heavy atom. The maximum atomic E-state index is 12.2. The van der Waals surface area contributed by atoms with Gasteiger partial charge in [-0.1, -0.05) is 12.5 Å². The van der Waals surface area contributed by atoms with E-state index < -0.39 is 0 Å². The first-order chi connectivity index (χ1) is 10.2. The molecular weight excluding hydrogens is 268 g/mol. The van der Waals surface area contributed by atoms with Gasteiger partial charge in [-0.25, -0.2) is 4.98 Å². The minimum atomic E-state index is -0.284. The Hall–Kier alpha value is -1.62. The summed E-state index contributed by atoms with van der Waals surface area (Å²) in [5.41, 5.74) is 0.697. The topological polar surface area (TPSA) is 51.7 Å². The van der Waals surface area contributed by atoms with Crippen LogP contribution in [-0.4, -0.2) is 43.2 Å². The van der Waals surface area contributed by atoms with Crippen molar-refractivity contribution in [1.82, 2.24) is 9.88 Å². The molecule has 2 atom stereocenters. The van der Waals surface area contributed by atoms with Crippen molar-refractivity contribution in [3.8, 4) is 5.88 Å². The first kappa shape index (κ1) is 14.3. The molecule has 1 aromatic rings. The summed E-state index contributed by atoms with van der Waals surface area (Å²) in [5.74, 6) is 1.02. The number of carbonyl (C=O) groups excluding carboxylic acids is 1. The molecule has 114 valence electrons. The molecule has 2 fully saturated rings. The molecule has 0 spiro atoms. The minimum absolute atomic E-state index is 0.0360. The van der Waals surface area contributed by atoms with E-state index in [1.807, 2.05) is 18.2 Å². The molecule has 0 radical (unpaired) electrons. The molecule has 1 aliphatic carbocycles. The highest BCUT2D eigenvalue weighted by Gasteiger charge is 2.55. The van der Waals surface area contributed by atoms with E-state index in [0.717, 1.165) is 44.6 Å². The lowest BCUT2D eigenvalue weighted by atomic mass is 9.81. The van der Waals surface area contributed by atoms with Crippen LogP contribution in [-0.2, 0) is 16.1 Å². The van der Waals surface area contributed by atoms with Gasteiger partial charge in [-0.15, -0.1) is 0 Å². The molecule has 1 saturated carbocycles. The number of likely N-dealkylation sites (tertiary alicyclic amines) is 1. The lowest BCUT2D eigenvalue weighted by Crippen LogP contribution is -2.36. The second-order valence-electron chi connectivity index (χ2n) is 6.08. The molecule has 0 aromatic carbocycles. The van der Waals surface area contributed by atoms with Crippen molar-refractivity contribution in [3.63, 3.8) is 0 Å². The summed E-state index contributed by atoms with van der Waals surface area (Å²) in [6, 6.07) is 5.80. The molecule has 1 aromatic heterocycles. The molecule has 0 amide bonds. The predicted molar refractivity (Wildman–Crippen MR) is 77.9 cm³/mol. The van der Waals surface area contributed by atoms with Crippen molar-refractivity contribution >= 4 is 5.97 Å². The largest absolute Gasteiger partial charge is 0.481 e. The first-order valence-electron chi connectivity index (χ1n) is 7.48. The van der Waals surface area contributed by atoms with Crippen LogP contribution in [0, 0.1) is 11.3 Å². The van der Waals surface area contributed by atoms with Crippen molar-refractivity contribution in [2.75, 3.05) is 27.3 Å². The Bertz CT molecular complexity index is 534. The molecule has 2 heterocycles. The van der Waals surface area contributed by atoms with E-state index in [-0.39, 0.29) is 11.4 Å². The highest BCUT2D eigenvalue weighted by Crippen LogP contribution is 2.49. The number of hydrogen-bond donors (Lipinski definition) is 0. The van der Waals surface area contributed by atoms with Gasteiger partial charge in [0.2, 0.25) is 5.88 Å². The van der Waals surface area contributed by atoms with Crippen LogP contribution < -0.4 is 4.74 Å². The zero-order chi connectivity index (χ0) is 14.9. The molecule has 0 bridgehead atoms.